The molecule has 1 aliphatic rings. The van der Waals surface area contributed by atoms with Crippen molar-refractivity contribution in [1.82, 2.24) is 0 Å². The van der Waals surface area contributed by atoms with Crippen molar-refractivity contribution in [2.24, 2.45) is 11.8 Å². The van der Waals surface area contributed by atoms with Gasteiger partial charge in [0, 0.05) is 6.42 Å². The summed E-state index contributed by atoms with van der Waals surface area (Å²) in [4.78, 5) is 0. The maximum Gasteiger partial charge on any atom is 0.245 e. The van der Waals surface area contributed by atoms with E-state index in [0.29, 0.717) is 5.92 Å². The molecule has 0 spiro atoms. The Kier molecular flexibility index (Phi) is 2.50. The third-order valence-corrected chi connectivity index (χ3v) is 2.66. The summed E-state index contributed by atoms with van der Waals surface area (Å²) in [5.74, 6) is -1.67. The molecule has 0 saturated heterocycles. The lowest BCUT2D eigenvalue weighted by molar-refractivity contribution is -0.00785. The van der Waals surface area contributed by atoms with Gasteiger partial charge in [0.1, 0.15) is 0 Å². The first kappa shape index (κ1) is 8.95. The first-order valence-electron chi connectivity index (χ1n) is 4.37. The van der Waals surface area contributed by atoms with Crippen molar-refractivity contribution in [2.75, 3.05) is 0 Å². The Morgan fingerprint density at radius 2 is 2.00 bits per heavy atom. The average Bonchev–Trinajstić information content (AvgIpc) is 2.12. The van der Waals surface area contributed by atoms with Crippen LogP contribution in [-0.4, -0.2) is 5.92 Å². The molecule has 1 rings (SSSR count). The zero-order valence-corrected chi connectivity index (χ0v) is 7.24. The van der Waals surface area contributed by atoms with Gasteiger partial charge in [0.15, 0.2) is 0 Å². The van der Waals surface area contributed by atoms with Crippen molar-refractivity contribution in [3.05, 3.63) is 0 Å². The monoisotopic (exact) mass is 162 g/mol. The van der Waals surface area contributed by atoms with Crippen LogP contribution in [-0.2, 0) is 0 Å². The quantitative estimate of drug-likeness (QED) is 0.583. The highest BCUT2D eigenvalue weighted by atomic mass is 19.3. The highest BCUT2D eigenvalue weighted by Gasteiger charge is 2.32. The Morgan fingerprint density at radius 1 is 1.36 bits per heavy atom. The Hall–Kier alpha value is -0.140. The second kappa shape index (κ2) is 3.08. The third-order valence-electron chi connectivity index (χ3n) is 2.66. The van der Waals surface area contributed by atoms with Crippen LogP contribution in [0.25, 0.3) is 0 Å². The van der Waals surface area contributed by atoms with Crippen molar-refractivity contribution in [3.63, 3.8) is 0 Å². The highest BCUT2D eigenvalue weighted by Crippen LogP contribution is 2.38. The standard InChI is InChI=1S/C9H16F2/c1-7-4-3-5-8(7)6-9(2,10)11/h7-8H,3-6H2,1-2H3. The Labute approximate surface area is 67.0 Å². The summed E-state index contributed by atoms with van der Waals surface area (Å²) in [7, 11) is 0. The zero-order chi connectivity index (χ0) is 8.48. The average molecular weight is 162 g/mol. The smallest absolute Gasteiger partial charge is 0.207 e. The molecule has 2 heteroatoms. The van der Waals surface area contributed by atoms with E-state index in [9.17, 15) is 8.78 Å². The van der Waals surface area contributed by atoms with Crippen LogP contribution in [0.3, 0.4) is 0 Å². The number of alkyl halides is 2. The van der Waals surface area contributed by atoms with Crippen LogP contribution in [0.2, 0.25) is 0 Å². The molecular weight excluding hydrogens is 146 g/mol. The summed E-state index contributed by atoms with van der Waals surface area (Å²) in [6, 6.07) is 0. The second-order valence-corrected chi connectivity index (χ2v) is 3.94. The summed E-state index contributed by atoms with van der Waals surface area (Å²) in [5, 5.41) is 0. The molecule has 1 saturated carbocycles. The van der Waals surface area contributed by atoms with E-state index >= 15 is 0 Å². The van der Waals surface area contributed by atoms with Gasteiger partial charge >= 0.3 is 0 Å². The summed E-state index contributed by atoms with van der Waals surface area (Å²) < 4.78 is 25.1. The molecule has 11 heavy (non-hydrogen) atoms. The fourth-order valence-electron chi connectivity index (χ4n) is 1.99. The molecule has 0 nitrogen and oxygen atoms in total. The predicted molar refractivity (Wildman–Crippen MR) is 41.7 cm³/mol. The molecule has 0 amide bonds. The maximum atomic E-state index is 12.5. The van der Waals surface area contributed by atoms with Crippen LogP contribution in [0.5, 0.6) is 0 Å². The molecule has 1 fully saturated rings. The van der Waals surface area contributed by atoms with Gasteiger partial charge in [-0.05, 0) is 25.2 Å². The molecule has 0 aromatic heterocycles. The second-order valence-electron chi connectivity index (χ2n) is 3.94. The summed E-state index contributed by atoms with van der Waals surface area (Å²) >= 11 is 0. The first-order chi connectivity index (χ1) is 4.99. The summed E-state index contributed by atoms with van der Waals surface area (Å²) in [6.45, 7) is 3.11. The Balaban J connectivity index is 2.37. The van der Waals surface area contributed by atoms with Crippen molar-refractivity contribution < 1.29 is 8.78 Å². The van der Waals surface area contributed by atoms with Gasteiger partial charge in [-0.1, -0.05) is 19.8 Å². The molecule has 0 aromatic carbocycles. The summed E-state index contributed by atoms with van der Waals surface area (Å²) in [5.41, 5.74) is 0. The van der Waals surface area contributed by atoms with Crippen LogP contribution in [0.15, 0.2) is 0 Å². The molecular formula is C9H16F2. The van der Waals surface area contributed by atoms with Crippen molar-refractivity contribution >= 4 is 0 Å². The summed E-state index contributed by atoms with van der Waals surface area (Å²) in [6.07, 6.45) is 3.38. The predicted octanol–water partition coefficient (Wildman–Crippen LogP) is 3.47. The van der Waals surface area contributed by atoms with Gasteiger partial charge in [0.2, 0.25) is 5.92 Å². The molecule has 2 atom stereocenters. The minimum Gasteiger partial charge on any atom is -0.207 e. The lowest BCUT2D eigenvalue weighted by atomic mass is 9.92. The van der Waals surface area contributed by atoms with Gasteiger partial charge in [0.25, 0.3) is 0 Å². The molecule has 0 N–H and O–H groups in total. The fraction of sp³-hybridized carbons (Fsp3) is 1.00. The van der Waals surface area contributed by atoms with Gasteiger partial charge < -0.3 is 0 Å². The van der Waals surface area contributed by atoms with Gasteiger partial charge in [-0.25, -0.2) is 8.78 Å². The van der Waals surface area contributed by atoms with Crippen molar-refractivity contribution in [1.29, 1.82) is 0 Å². The lowest BCUT2D eigenvalue weighted by Crippen LogP contribution is -2.18. The fourth-order valence-corrected chi connectivity index (χ4v) is 1.99. The maximum absolute atomic E-state index is 12.5. The number of halogens is 2. The number of hydrogen-bond acceptors (Lipinski definition) is 0. The van der Waals surface area contributed by atoms with E-state index in [1.807, 2.05) is 0 Å². The van der Waals surface area contributed by atoms with Gasteiger partial charge in [-0.15, -0.1) is 0 Å². The van der Waals surface area contributed by atoms with E-state index in [1.54, 1.807) is 0 Å². The van der Waals surface area contributed by atoms with E-state index in [-0.39, 0.29) is 12.3 Å². The van der Waals surface area contributed by atoms with E-state index in [2.05, 4.69) is 6.92 Å². The zero-order valence-electron chi connectivity index (χ0n) is 7.24. The van der Waals surface area contributed by atoms with Gasteiger partial charge in [0.05, 0.1) is 0 Å². The minimum absolute atomic E-state index is 0.0914. The Morgan fingerprint density at radius 3 is 2.36 bits per heavy atom. The molecule has 0 bridgehead atoms. The van der Waals surface area contributed by atoms with Gasteiger partial charge in [-0.2, -0.15) is 0 Å². The molecule has 66 valence electrons. The lowest BCUT2D eigenvalue weighted by Gasteiger charge is -2.19. The first-order valence-corrected chi connectivity index (χ1v) is 4.37. The normalized spacial score (nSPS) is 32.7. The third kappa shape index (κ3) is 2.76. The van der Waals surface area contributed by atoms with Crippen LogP contribution in [0.1, 0.15) is 39.5 Å². The molecule has 0 aliphatic heterocycles. The van der Waals surface area contributed by atoms with Crippen LogP contribution in [0, 0.1) is 11.8 Å². The van der Waals surface area contributed by atoms with Crippen molar-refractivity contribution in [3.8, 4) is 0 Å². The van der Waals surface area contributed by atoms with E-state index < -0.39 is 5.92 Å². The van der Waals surface area contributed by atoms with E-state index in [1.165, 1.54) is 0 Å². The molecule has 0 radical (unpaired) electrons. The van der Waals surface area contributed by atoms with Gasteiger partial charge in [-0.3, -0.25) is 0 Å². The van der Waals surface area contributed by atoms with Crippen LogP contribution >= 0.6 is 0 Å². The topological polar surface area (TPSA) is 0 Å². The molecule has 0 heterocycles. The minimum atomic E-state index is -2.46. The molecule has 0 aromatic rings. The van der Waals surface area contributed by atoms with E-state index in [4.69, 9.17) is 0 Å². The number of hydrogen-bond donors (Lipinski definition) is 0. The molecule has 1 aliphatic carbocycles. The highest BCUT2D eigenvalue weighted by molar-refractivity contribution is 4.77. The SMILES string of the molecule is CC1CCCC1CC(C)(F)F. The Bertz CT molecular complexity index is 126. The van der Waals surface area contributed by atoms with Crippen molar-refractivity contribution in [2.45, 2.75) is 45.5 Å². The van der Waals surface area contributed by atoms with E-state index in [0.717, 1.165) is 26.2 Å². The van der Waals surface area contributed by atoms with Crippen LogP contribution in [0.4, 0.5) is 8.78 Å². The molecule has 2 unspecified atom stereocenters. The largest absolute Gasteiger partial charge is 0.245 e. The van der Waals surface area contributed by atoms with Crippen LogP contribution < -0.4 is 0 Å². The number of rotatable bonds is 2.